The molecule has 1 fully saturated rings. The summed E-state index contributed by atoms with van der Waals surface area (Å²) in [5.41, 5.74) is 2.34. The quantitative estimate of drug-likeness (QED) is 0.418. The van der Waals surface area contributed by atoms with Crippen molar-refractivity contribution in [3.63, 3.8) is 0 Å². The highest BCUT2D eigenvalue weighted by Gasteiger charge is 2.46. The molecule has 0 aromatic heterocycles. The maximum absolute atomic E-state index is 12.9. The van der Waals surface area contributed by atoms with Gasteiger partial charge in [0.25, 0.3) is 0 Å². The number of nitrogens with one attached hydrogen (secondary N) is 1. The number of hydrogen-bond donors (Lipinski definition) is 2. The van der Waals surface area contributed by atoms with Gasteiger partial charge in [0.2, 0.25) is 5.91 Å². The number of epoxide rings is 1. The monoisotopic (exact) mass is 527 g/mol. The number of aliphatic hydroxyl groups is 1. The maximum Gasteiger partial charge on any atom is 0.243 e. The van der Waals surface area contributed by atoms with Crippen LogP contribution in [0.1, 0.15) is 58.8 Å². The van der Waals surface area contributed by atoms with Crippen LogP contribution in [0.3, 0.4) is 0 Å². The first-order valence-electron chi connectivity index (χ1n) is 14.1. The third-order valence-corrected chi connectivity index (χ3v) is 7.82. The Labute approximate surface area is 227 Å². The zero-order valence-corrected chi connectivity index (χ0v) is 23.1. The summed E-state index contributed by atoms with van der Waals surface area (Å²) < 4.78 is 23.8. The first-order chi connectivity index (χ1) is 18.3. The molecule has 0 unspecified atom stereocenters. The standard InChI is InChI=1S/C31H45NO6/c1-20-13-14-36-24(16-20)11-12-28(35-4)26-19-29-31(38-29)27(33)18-22(3)15-21(2)17-25-9-5-7-23(37-25)8-6-10-30(34)32-26/h5-7,10-13,21,23-29,31,33H,3,8-9,14-19H2,1-2,4H3,(H,32,34)/b10-6+,12-11+/t21-,23-,24+,25-,26-,27-,28-,29+,31-/m0/s1. The lowest BCUT2D eigenvalue weighted by Gasteiger charge is -2.28. The van der Waals surface area contributed by atoms with Crippen LogP contribution in [0.25, 0.3) is 0 Å². The lowest BCUT2D eigenvalue weighted by atomic mass is 9.90. The minimum atomic E-state index is -0.616. The third kappa shape index (κ3) is 8.75. The average Bonchev–Trinajstić information content (AvgIpc) is 3.63. The van der Waals surface area contributed by atoms with E-state index in [9.17, 15) is 9.90 Å². The summed E-state index contributed by atoms with van der Waals surface area (Å²) in [5.74, 6) is 0.226. The number of methoxy groups -OCH3 is 1. The van der Waals surface area contributed by atoms with Crippen molar-refractivity contribution in [2.45, 2.75) is 108 Å². The summed E-state index contributed by atoms with van der Waals surface area (Å²) in [6, 6.07) is -0.326. The van der Waals surface area contributed by atoms with Crippen molar-refractivity contribution < 1.29 is 28.8 Å². The van der Waals surface area contributed by atoms with E-state index in [0.717, 1.165) is 31.3 Å². The Balaban J connectivity index is 1.47. The van der Waals surface area contributed by atoms with E-state index < -0.39 is 6.10 Å². The van der Waals surface area contributed by atoms with Gasteiger partial charge in [-0.3, -0.25) is 4.79 Å². The topological polar surface area (TPSA) is 89.6 Å². The number of rotatable bonds is 4. The molecule has 9 atom stereocenters. The van der Waals surface area contributed by atoms with Crippen LogP contribution in [0.15, 0.2) is 60.3 Å². The number of fused-ring (bicyclic) bond motifs is 3. The van der Waals surface area contributed by atoms with Crippen molar-refractivity contribution in [1.82, 2.24) is 5.32 Å². The molecule has 1 saturated heterocycles. The Hall–Kier alpha value is -2.03. The van der Waals surface area contributed by atoms with Crippen LogP contribution in [0.4, 0.5) is 0 Å². The molecule has 0 aromatic carbocycles. The van der Waals surface area contributed by atoms with E-state index in [1.807, 2.05) is 18.2 Å². The first kappa shape index (κ1) is 29.0. The van der Waals surface area contributed by atoms with Gasteiger partial charge in [-0.1, -0.05) is 61.1 Å². The zero-order chi connectivity index (χ0) is 27.1. The van der Waals surface area contributed by atoms with Crippen molar-refractivity contribution >= 4 is 5.91 Å². The Morgan fingerprint density at radius 3 is 2.82 bits per heavy atom. The molecule has 1 amide bonds. The molecule has 7 nitrogen and oxygen atoms in total. The number of carbonyl (C=O) groups is 1. The van der Waals surface area contributed by atoms with Gasteiger partial charge >= 0.3 is 0 Å². The molecule has 0 aliphatic carbocycles. The normalized spacial score (nSPS) is 38.9. The van der Waals surface area contributed by atoms with Crippen LogP contribution in [-0.2, 0) is 23.7 Å². The molecule has 0 aromatic rings. The number of aliphatic hydroxyl groups excluding tert-OH is 1. The molecule has 210 valence electrons. The van der Waals surface area contributed by atoms with Crippen LogP contribution >= 0.6 is 0 Å². The summed E-state index contributed by atoms with van der Waals surface area (Å²) in [4.78, 5) is 12.9. The molecule has 4 rings (SSSR count). The molecule has 4 aliphatic rings. The van der Waals surface area contributed by atoms with Crippen LogP contribution in [-0.4, -0.2) is 73.5 Å². The van der Waals surface area contributed by atoms with Crippen LogP contribution in [0, 0.1) is 5.92 Å². The lowest BCUT2D eigenvalue weighted by molar-refractivity contribution is -0.118. The zero-order valence-electron chi connectivity index (χ0n) is 23.1. The summed E-state index contributed by atoms with van der Waals surface area (Å²) in [6.07, 6.45) is 17.7. The van der Waals surface area contributed by atoms with E-state index in [1.54, 1.807) is 13.2 Å². The van der Waals surface area contributed by atoms with Gasteiger partial charge in [-0.2, -0.15) is 0 Å². The molecule has 2 bridgehead atoms. The van der Waals surface area contributed by atoms with E-state index in [1.165, 1.54) is 5.57 Å². The van der Waals surface area contributed by atoms with Gasteiger partial charge in [0.1, 0.15) is 6.10 Å². The molecule has 7 heteroatoms. The van der Waals surface area contributed by atoms with E-state index >= 15 is 0 Å². The van der Waals surface area contributed by atoms with E-state index in [0.29, 0.717) is 31.8 Å². The molecule has 38 heavy (non-hydrogen) atoms. The number of carbonyl (C=O) groups excluding carboxylic acids is 1. The van der Waals surface area contributed by atoms with Crippen molar-refractivity contribution in [2.24, 2.45) is 5.92 Å². The van der Waals surface area contributed by atoms with Crippen LogP contribution in [0.2, 0.25) is 0 Å². The largest absolute Gasteiger partial charge is 0.390 e. The van der Waals surface area contributed by atoms with Crippen molar-refractivity contribution in [3.05, 3.63) is 60.3 Å². The maximum atomic E-state index is 12.9. The smallest absolute Gasteiger partial charge is 0.243 e. The second kappa shape index (κ2) is 13.9. The fourth-order valence-corrected chi connectivity index (χ4v) is 5.79. The first-order valence-corrected chi connectivity index (χ1v) is 14.1. The average molecular weight is 528 g/mol. The third-order valence-electron chi connectivity index (χ3n) is 7.82. The second-order valence-electron chi connectivity index (χ2n) is 11.4. The second-order valence-corrected chi connectivity index (χ2v) is 11.4. The lowest BCUT2D eigenvalue weighted by Crippen LogP contribution is -2.44. The highest BCUT2D eigenvalue weighted by Crippen LogP contribution is 2.34. The molecule has 0 saturated carbocycles. The Bertz CT molecular complexity index is 939. The van der Waals surface area contributed by atoms with Crippen molar-refractivity contribution in [2.75, 3.05) is 13.7 Å². The van der Waals surface area contributed by atoms with E-state index in [-0.39, 0.29) is 48.6 Å². The summed E-state index contributed by atoms with van der Waals surface area (Å²) in [5, 5.41) is 14.0. The molecular formula is C31H45NO6. The molecule has 0 spiro atoms. The highest BCUT2D eigenvalue weighted by atomic mass is 16.6. The molecule has 4 aliphatic heterocycles. The Morgan fingerprint density at radius 1 is 1.18 bits per heavy atom. The van der Waals surface area contributed by atoms with E-state index in [4.69, 9.17) is 18.9 Å². The van der Waals surface area contributed by atoms with Gasteiger partial charge in [-0.05, 0) is 63.9 Å². The molecular weight excluding hydrogens is 482 g/mol. The SMILES string of the molecule is C=C1C[C@H](C)C[C@@H]2CC=C[C@@H](C/C=C/C(=O)N[C@H]([C@H](/C=C/[C@@H]3CC(C)=CCO3)OC)C[C@H]3O[C@H]3[C@@H](O)C1)O2. The van der Waals surface area contributed by atoms with Crippen LogP contribution < -0.4 is 5.32 Å². The summed E-state index contributed by atoms with van der Waals surface area (Å²) in [6.45, 7) is 9.16. The molecule has 0 radical (unpaired) electrons. The minimum absolute atomic E-state index is 0.0139. The molecule has 2 N–H and O–H groups in total. The van der Waals surface area contributed by atoms with Gasteiger partial charge in [0.05, 0.1) is 49.3 Å². The minimum Gasteiger partial charge on any atom is -0.390 e. The van der Waals surface area contributed by atoms with E-state index in [2.05, 4.69) is 44.0 Å². The fourth-order valence-electron chi connectivity index (χ4n) is 5.79. The summed E-state index contributed by atoms with van der Waals surface area (Å²) >= 11 is 0. The number of amides is 1. The van der Waals surface area contributed by atoms with Gasteiger partial charge in [0, 0.05) is 7.11 Å². The van der Waals surface area contributed by atoms with Crippen LogP contribution in [0.5, 0.6) is 0 Å². The molecule has 4 heterocycles. The number of hydrogen-bond acceptors (Lipinski definition) is 6. The Kier molecular flexibility index (Phi) is 10.6. The fraction of sp³-hybridized carbons (Fsp3) is 0.645. The van der Waals surface area contributed by atoms with Crippen molar-refractivity contribution in [1.29, 1.82) is 0 Å². The highest BCUT2D eigenvalue weighted by molar-refractivity contribution is 5.87. The summed E-state index contributed by atoms with van der Waals surface area (Å²) in [7, 11) is 1.64. The predicted octanol–water partition coefficient (Wildman–Crippen LogP) is 4.33. The van der Waals surface area contributed by atoms with Gasteiger partial charge < -0.3 is 29.4 Å². The van der Waals surface area contributed by atoms with Gasteiger partial charge in [0.15, 0.2) is 0 Å². The van der Waals surface area contributed by atoms with Gasteiger partial charge in [-0.15, -0.1) is 0 Å². The van der Waals surface area contributed by atoms with Gasteiger partial charge in [-0.25, -0.2) is 0 Å². The number of ether oxygens (including phenoxy) is 4. The Morgan fingerprint density at radius 2 is 2.03 bits per heavy atom. The predicted molar refractivity (Wildman–Crippen MR) is 148 cm³/mol. The van der Waals surface area contributed by atoms with Crippen molar-refractivity contribution in [3.8, 4) is 0 Å².